The van der Waals surface area contributed by atoms with Gasteiger partial charge >= 0.3 is 6.03 Å². The summed E-state index contributed by atoms with van der Waals surface area (Å²) in [7, 11) is 3.61. The summed E-state index contributed by atoms with van der Waals surface area (Å²) in [6.07, 6.45) is 3.29. The van der Waals surface area contributed by atoms with E-state index >= 15 is 0 Å². The first kappa shape index (κ1) is 12.4. The standard InChI is InChI=1S/C13H12N6O/c1-9-17-18(2)13(20)19(9)11-6-3-5-10(16-11)12-14-7-4-8-15-12/h3-8,18H,2H2,1H3. The molecule has 0 saturated heterocycles. The summed E-state index contributed by atoms with van der Waals surface area (Å²) in [4.78, 5) is 26.1. The molecule has 2 aromatic heterocycles. The average molecular weight is 268 g/mol. The van der Waals surface area contributed by atoms with Crippen molar-refractivity contribution in [2.45, 2.75) is 6.92 Å². The van der Waals surface area contributed by atoms with E-state index in [0.717, 1.165) is 0 Å². The van der Waals surface area contributed by atoms with Crippen molar-refractivity contribution >= 4 is 17.7 Å². The molecule has 1 aliphatic rings. The summed E-state index contributed by atoms with van der Waals surface area (Å²) in [6.45, 7) is 1.74. The van der Waals surface area contributed by atoms with Gasteiger partial charge < -0.3 is 0 Å². The molecule has 1 unspecified atom stereocenters. The third-order valence-electron chi connectivity index (χ3n) is 2.83. The number of pyridine rings is 1. The fourth-order valence-corrected chi connectivity index (χ4v) is 1.94. The smallest absolute Gasteiger partial charge is 0.254 e. The lowest BCUT2D eigenvalue weighted by Gasteiger charge is -2.13. The van der Waals surface area contributed by atoms with E-state index in [1.807, 2.05) is 0 Å². The van der Waals surface area contributed by atoms with Crippen molar-refractivity contribution in [2.24, 2.45) is 5.10 Å². The zero-order valence-corrected chi connectivity index (χ0v) is 10.8. The van der Waals surface area contributed by atoms with E-state index in [1.165, 1.54) is 4.90 Å². The first-order valence-electron chi connectivity index (χ1n) is 6.00. The van der Waals surface area contributed by atoms with Gasteiger partial charge in [-0.2, -0.15) is 4.90 Å². The van der Waals surface area contributed by atoms with Gasteiger partial charge in [-0.25, -0.2) is 19.7 Å². The van der Waals surface area contributed by atoms with Gasteiger partial charge in [0.25, 0.3) is 0 Å². The minimum Gasteiger partial charge on any atom is -0.254 e. The number of amides is 2. The van der Waals surface area contributed by atoms with Gasteiger partial charge in [0.2, 0.25) is 0 Å². The van der Waals surface area contributed by atoms with Crippen LogP contribution in [0.1, 0.15) is 6.92 Å². The lowest BCUT2D eigenvalue weighted by molar-refractivity contribution is -0.766. The van der Waals surface area contributed by atoms with Gasteiger partial charge in [0.1, 0.15) is 11.5 Å². The molecular weight excluding hydrogens is 256 g/mol. The van der Waals surface area contributed by atoms with Gasteiger partial charge in [-0.05, 0) is 18.2 Å². The number of nitrogens with zero attached hydrogens (tertiary/aromatic N) is 5. The first-order chi connectivity index (χ1) is 9.66. The van der Waals surface area contributed by atoms with Crippen molar-refractivity contribution in [2.75, 3.05) is 4.90 Å². The topological polar surface area (TPSA) is 75.8 Å². The van der Waals surface area contributed by atoms with Crippen molar-refractivity contribution < 1.29 is 9.80 Å². The Morgan fingerprint density at radius 2 is 1.95 bits per heavy atom. The van der Waals surface area contributed by atoms with E-state index in [1.54, 1.807) is 43.6 Å². The highest BCUT2D eigenvalue weighted by Gasteiger charge is 2.32. The molecule has 0 radical (unpaired) electrons. The normalized spacial score (nSPS) is 18.3. The van der Waals surface area contributed by atoms with E-state index < -0.39 is 0 Å². The van der Waals surface area contributed by atoms with Crippen LogP contribution < -0.4 is 9.91 Å². The number of anilines is 1. The monoisotopic (exact) mass is 268 g/mol. The number of nitrogens with one attached hydrogen (secondary N) is 1. The molecule has 0 aromatic carbocycles. The van der Waals surface area contributed by atoms with Crippen LogP contribution in [-0.2, 0) is 0 Å². The van der Waals surface area contributed by atoms with Crippen LogP contribution in [0, 0.1) is 7.05 Å². The number of hydrogen-bond acceptors (Lipinski definition) is 5. The van der Waals surface area contributed by atoms with Crippen molar-refractivity contribution in [3.8, 4) is 11.5 Å². The van der Waals surface area contributed by atoms with E-state index in [0.29, 0.717) is 23.2 Å². The Balaban J connectivity index is 2.01. The summed E-state index contributed by atoms with van der Waals surface area (Å²) in [5, 5.41) is 4.27. The predicted molar refractivity (Wildman–Crippen MR) is 72.6 cm³/mol. The van der Waals surface area contributed by atoms with Gasteiger partial charge in [0, 0.05) is 19.3 Å². The summed E-state index contributed by atoms with van der Waals surface area (Å²) in [5.74, 6) is 1.55. The molecule has 20 heavy (non-hydrogen) atoms. The highest BCUT2D eigenvalue weighted by Crippen LogP contribution is 2.18. The SMILES string of the molecule is [CH2-][NH+]1N=C(C)N(c2cccc(-c3ncccn3)n2)C1=O. The van der Waals surface area contributed by atoms with Crippen LogP contribution in [0.2, 0.25) is 0 Å². The minimum absolute atomic E-state index is 0.214. The van der Waals surface area contributed by atoms with Gasteiger partial charge in [-0.3, -0.25) is 5.01 Å². The summed E-state index contributed by atoms with van der Waals surface area (Å²) in [6, 6.07) is 6.80. The van der Waals surface area contributed by atoms with E-state index in [2.05, 4.69) is 27.1 Å². The van der Waals surface area contributed by atoms with Crippen LogP contribution in [-0.4, -0.2) is 26.8 Å². The molecule has 1 aliphatic heterocycles. The molecule has 1 N–H and O–H groups in total. The number of carbonyl (C=O) groups excluding carboxylic acids is 1. The number of quaternary nitrogens is 1. The van der Waals surface area contributed by atoms with Gasteiger partial charge in [-0.15, -0.1) is 7.05 Å². The molecule has 7 heteroatoms. The van der Waals surface area contributed by atoms with Crippen LogP contribution in [0.5, 0.6) is 0 Å². The molecule has 1 atom stereocenters. The fraction of sp³-hybridized carbons (Fsp3) is 0.0769. The molecule has 0 fully saturated rings. The van der Waals surface area contributed by atoms with Crippen molar-refractivity contribution in [3.63, 3.8) is 0 Å². The van der Waals surface area contributed by atoms with Crippen molar-refractivity contribution in [1.82, 2.24) is 15.0 Å². The average Bonchev–Trinajstić information content (AvgIpc) is 2.73. The van der Waals surface area contributed by atoms with Crippen LogP contribution in [0.25, 0.3) is 11.5 Å². The maximum Gasteiger partial charge on any atom is 0.428 e. The molecule has 0 bridgehead atoms. The Morgan fingerprint density at radius 3 is 2.60 bits per heavy atom. The zero-order valence-electron chi connectivity index (χ0n) is 10.8. The van der Waals surface area contributed by atoms with Gasteiger partial charge in [-0.1, -0.05) is 11.2 Å². The van der Waals surface area contributed by atoms with Gasteiger partial charge in [0.05, 0.1) is 0 Å². The van der Waals surface area contributed by atoms with Crippen LogP contribution in [0.4, 0.5) is 10.6 Å². The third-order valence-corrected chi connectivity index (χ3v) is 2.83. The molecule has 0 spiro atoms. The highest BCUT2D eigenvalue weighted by molar-refractivity contribution is 6.14. The van der Waals surface area contributed by atoms with Crippen LogP contribution in [0.15, 0.2) is 41.8 Å². The first-order valence-corrected chi connectivity index (χ1v) is 6.00. The Hall–Kier alpha value is -2.67. The van der Waals surface area contributed by atoms with Gasteiger partial charge in [0.15, 0.2) is 11.7 Å². The summed E-state index contributed by atoms with van der Waals surface area (Å²) >= 11 is 0. The summed E-state index contributed by atoms with van der Waals surface area (Å²) in [5.41, 5.74) is 0.598. The van der Waals surface area contributed by atoms with E-state index in [9.17, 15) is 4.79 Å². The molecule has 3 rings (SSSR count). The van der Waals surface area contributed by atoms with Crippen molar-refractivity contribution in [3.05, 3.63) is 43.7 Å². The largest absolute Gasteiger partial charge is 0.428 e. The Morgan fingerprint density at radius 1 is 1.20 bits per heavy atom. The lowest BCUT2D eigenvalue weighted by atomic mass is 10.3. The number of carbonyl (C=O) groups is 1. The predicted octanol–water partition coefficient (Wildman–Crippen LogP) is 0.488. The minimum atomic E-state index is -0.263. The Labute approximate surface area is 115 Å². The van der Waals surface area contributed by atoms with E-state index in [4.69, 9.17) is 0 Å². The number of amidine groups is 1. The van der Waals surface area contributed by atoms with E-state index in [-0.39, 0.29) is 11.0 Å². The van der Waals surface area contributed by atoms with Crippen LogP contribution in [0.3, 0.4) is 0 Å². The van der Waals surface area contributed by atoms with Crippen LogP contribution >= 0.6 is 0 Å². The second-order valence-electron chi connectivity index (χ2n) is 4.20. The quantitative estimate of drug-likeness (QED) is 0.804. The van der Waals surface area contributed by atoms with Crippen molar-refractivity contribution in [1.29, 1.82) is 0 Å². The molecule has 100 valence electrons. The Bertz CT molecular complexity index is 684. The third kappa shape index (κ3) is 2.04. The number of rotatable bonds is 2. The molecule has 2 amide bonds. The molecule has 0 aliphatic carbocycles. The maximum absolute atomic E-state index is 12.0. The molecular formula is C13H12N6O. The number of aromatic nitrogens is 3. The molecule has 3 heterocycles. The zero-order chi connectivity index (χ0) is 14.1. The number of hydrogen-bond donors (Lipinski definition) is 1. The second kappa shape index (κ2) is 4.78. The molecule has 2 aromatic rings. The number of urea groups is 1. The molecule has 0 saturated carbocycles. The summed E-state index contributed by atoms with van der Waals surface area (Å²) < 4.78 is 0. The fourth-order valence-electron chi connectivity index (χ4n) is 1.94. The lowest BCUT2D eigenvalue weighted by Crippen LogP contribution is -3.04. The maximum atomic E-state index is 12.0. The highest BCUT2D eigenvalue weighted by atomic mass is 16.2. The Kier molecular flexibility index (Phi) is 2.96. The second-order valence-corrected chi connectivity index (χ2v) is 4.20. The molecule has 7 nitrogen and oxygen atoms in total.